The second-order valence-electron chi connectivity index (χ2n) is 3.80. The quantitative estimate of drug-likeness (QED) is 0.568. The number of rotatable bonds is 5. The fraction of sp³-hybridized carbons (Fsp3) is 0.600. The van der Waals surface area contributed by atoms with Crippen LogP contribution in [0.3, 0.4) is 0 Å². The second kappa shape index (κ2) is 5.72. The molecule has 0 aromatic rings. The minimum Gasteiger partial charge on any atom is -0.351 e. The maximum absolute atomic E-state index is 12.8. The van der Waals surface area contributed by atoms with Crippen LogP contribution in [0.1, 0.15) is 6.42 Å². The van der Waals surface area contributed by atoms with E-state index < -0.39 is 30.8 Å². The Bertz CT molecular complexity index is 321. The molecular weight excluding hydrogens is 232 g/mol. The van der Waals surface area contributed by atoms with Crippen LogP contribution in [-0.2, 0) is 9.59 Å². The van der Waals surface area contributed by atoms with E-state index in [2.05, 4.69) is 22.5 Å². The summed E-state index contributed by atoms with van der Waals surface area (Å²) in [6, 6.07) is -0.933. The van der Waals surface area contributed by atoms with Gasteiger partial charge in [-0.1, -0.05) is 6.08 Å². The second-order valence-corrected chi connectivity index (χ2v) is 3.80. The van der Waals surface area contributed by atoms with E-state index in [9.17, 15) is 18.4 Å². The van der Waals surface area contributed by atoms with Crippen LogP contribution >= 0.6 is 0 Å². The molecule has 1 unspecified atom stereocenters. The molecule has 1 atom stereocenters. The van der Waals surface area contributed by atoms with Crippen LogP contribution in [0, 0.1) is 0 Å². The molecule has 3 N–H and O–H groups in total. The predicted molar refractivity (Wildman–Crippen MR) is 57.6 cm³/mol. The van der Waals surface area contributed by atoms with Crippen molar-refractivity contribution >= 4 is 11.8 Å². The fourth-order valence-electron chi connectivity index (χ4n) is 1.44. The van der Waals surface area contributed by atoms with E-state index in [1.807, 2.05) is 0 Å². The van der Waals surface area contributed by atoms with Crippen molar-refractivity contribution in [1.82, 2.24) is 16.0 Å². The van der Waals surface area contributed by atoms with Gasteiger partial charge in [0, 0.05) is 13.0 Å². The molecule has 0 aliphatic carbocycles. The van der Waals surface area contributed by atoms with Crippen LogP contribution in [0.2, 0.25) is 0 Å². The van der Waals surface area contributed by atoms with Gasteiger partial charge in [0.05, 0.1) is 19.1 Å². The lowest BCUT2D eigenvalue weighted by Gasteiger charge is -2.10. The molecule has 1 fully saturated rings. The van der Waals surface area contributed by atoms with Crippen LogP contribution in [-0.4, -0.2) is 43.4 Å². The highest BCUT2D eigenvalue weighted by Gasteiger charge is 2.42. The van der Waals surface area contributed by atoms with Gasteiger partial charge in [-0.3, -0.25) is 14.9 Å². The number of hydrogen-bond acceptors (Lipinski definition) is 3. The summed E-state index contributed by atoms with van der Waals surface area (Å²) in [5, 5.41) is 7.15. The lowest BCUT2D eigenvalue weighted by Crippen LogP contribution is -2.44. The third kappa shape index (κ3) is 4.48. The third-order valence-electron chi connectivity index (χ3n) is 2.29. The SMILES string of the molecule is C=CCNC(=O)CNC(=O)C1CC(F)(F)CN1. The van der Waals surface area contributed by atoms with Gasteiger partial charge < -0.3 is 10.6 Å². The zero-order chi connectivity index (χ0) is 12.9. The maximum Gasteiger partial charge on any atom is 0.262 e. The van der Waals surface area contributed by atoms with Gasteiger partial charge in [-0.15, -0.1) is 6.58 Å². The Hall–Kier alpha value is -1.50. The molecule has 1 saturated heterocycles. The van der Waals surface area contributed by atoms with Gasteiger partial charge in [0.1, 0.15) is 0 Å². The number of carbonyl (C=O) groups is 2. The molecule has 1 aliphatic heterocycles. The van der Waals surface area contributed by atoms with Crippen molar-refractivity contribution in [2.24, 2.45) is 0 Å². The number of alkyl halides is 2. The Kier molecular flexibility index (Phi) is 4.56. The molecule has 1 heterocycles. The van der Waals surface area contributed by atoms with E-state index in [0.29, 0.717) is 6.54 Å². The summed E-state index contributed by atoms with van der Waals surface area (Å²) in [7, 11) is 0. The molecule has 17 heavy (non-hydrogen) atoms. The molecule has 0 aromatic heterocycles. The average Bonchev–Trinajstić information content (AvgIpc) is 2.63. The van der Waals surface area contributed by atoms with Gasteiger partial charge in [-0.25, -0.2) is 8.78 Å². The summed E-state index contributed by atoms with van der Waals surface area (Å²) in [4.78, 5) is 22.5. The highest BCUT2D eigenvalue weighted by Crippen LogP contribution is 2.24. The first-order chi connectivity index (χ1) is 7.94. The lowest BCUT2D eigenvalue weighted by atomic mass is 10.2. The number of nitrogens with one attached hydrogen (secondary N) is 3. The molecule has 7 heteroatoms. The molecule has 2 amide bonds. The van der Waals surface area contributed by atoms with E-state index in [1.165, 1.54) is 6.08 Å². The number of amides is 2. The molecule has 1 aliphatic rings. The molecule has 96 valence electrons. The highest BCUT2D eigenvalue weighted by atomic mass is 19.3. The standard InChI is InChI=1S/C10H15F2N3O2/c1-2-3-13-8(16)5-14-9(17)7-4-10(11,12)6-15-7/h2,7,15H,1,3-6H2,(H,13,16)(H,14,17). The summed E-state index contributed by atoms with van der Waals surface area (Å²) in [5.41, 5.74) is 0. The molecule has 5 nitrogen and oxygen atoms in total. The summed E-state index contributed by atoms with van der Waals surface area (Å²) in [5.74, 6) is -3.83. The van der Waals surface area contributed by atoms with Crippen LogP contribution in [0.5, 0.6) is 0 Å². The first kappa shape index (κ1) is 13.6. The van der Waals surface area contributed by atoms with Gasteiger partial charge in [0.25, 0.3) is 5.92 Å². The minimum atomic E-state index is -2.85. The smallest absolute Gasteiger partial charge is 0.262 e. The molecule has 1 rings (SSSR count). The molecule has 0 aromatic carbocycles. The van der Waals surface area contributed by atoms with Crippen LogP contribution in [0.15, 0.2) is 12.7 Å². The fourth-order valence-corrected chi connectivity index (χ4v) is 1.44. The largest absolute Gasteiger partial charge is 0.351 e. The Balaban J connectivity index is 2.26. The van der Waals surface area contributed by atoms with Gasteiger partial charge in [-0.05, 0) is 0 Å². The van der Waals surface area contributed by atoms with E-state index >= 15 is 0 Å². The van der Waals surface area contributed by atoms with Crippen molar-refractivity contribution in [1.29, 1.82) is 0 Å². The summed E-state index contributed by atoms with van der Waals surface area (Å²) >= 11 is 0. The molecule has 0 radical (unpaired) electrons. The van der Waals surface area contributed by atoms with Gasteiger partial charge >= 0.3 is 0 Å². The van der Waals surface area contributed by atoms with Crippen molar-refractivity contribution in [3.8, 4) is 0 Å². The van der Waals surface area contributed by atoms with E-state index in [-0.39, 0.29) is 12.5 Å². The number of hydrogen-bond donors (Lipinski definition) is 3. The van der Waals surface area contributed by atoms with Gasteiger partial charge in [0.2, 0.25) is 11.8 Å². The normalized spacial score (nSPS) is 21.9. The van der Waals surface area contributed by atoms with Crippen LogP contribution in [0.4, 0.5) is 8.78 Å². The molecular formula is C10H15F2N3O2. The van der Waals surface area contributed by atoms with Crippen LogP contribution in [0.25, 0.3) is 0 Å². The molecule has 0 saturated carbocycles. The Morgan fingerprint density at radius 3 is 2.71 bits per heavy atom. The lowest BCUT2D eigenvalue weighted by molar-refractivity contribution is -0.127. The predicted octanol–water partition coefficient (Wildman–Crippen LogP) is -0.598. The topological polar surface area (TPSA) is 70.2 Å². The first-order valence-electron chi connectivity index (χ1n) is 5.21. The van der Waals surface area contributed by atoms with Crippen molar-refractivity contribution in [2.45, 2.75) is 18.4 Å². The minimum absolute atomic E-state index is 0.226. The highest BCUT2D eigenvalue weighted by molar-refractivity contribution is 5.87. The van der Waals surface area contributed by atoms with Gasteiger partial charge in [-0.2, -0.15) is 0 Å². The number of halogens is 2. The molecule has 0 bridgehead atoms. The Morgan fingerprint density at radius 1 is 1.47 bits per heavy atom. The summed E-state index contributed by atoms with van der Waals surface area (Å²) in [6.45, 7) is 2.98. The third-order valence-corrected chi connectivity index (χ3v) is 2.29. The Morgan fingerprint density at radius 2 is 2.18 bits per heavy atom. The summed E-state index contributed by atoms with van der Waals surface area (Å²) in [6.07, 6.45) is 0.964. The van der Waals surface area contributed by atoms with Gasteiger partial charge in [0.15, 0.2) is 0 Å². The van der Waals surface area contributed by atoms with Crippen LogP contribution < -0.4 is 16.0 Å². The van der Waals surface area contributed by atoms with E-state index in [1.54, 1.807) is 0 Å². The zero-order valence-electron chi connectivity index (χ0n) is 9.26. The summed E-state index contributed by atoms with van der Waals surface area (Å²) < 4.78 is 25.6. The maximum atomic E-state index is 12.8. The van der Waals surface area contributed by atoms with Crippen molar-refractivity contribution in [3.63, 3.8) is 0 Å². The van der Waals surface area contributed by atoms with E-state index in [0.717, 1.165) is 0 Å². The van der Waals surface area contributed by atoms with E-state index in [4.69, 9.17) is 0 Å². The zero-order valence-corrected chi connectivity index (χ0v) is 9.26. The first-order valence-corrected chi connectivity index (χ1v) is 5.21. The monoisotopic (exact) mass is 247 g/mol. The number of carbonyl (C=O) groups excluding carboxylic acids is 2. The van der Waals surface area contributed by atoms with Crippen molar-refractivity contribution in [2.75, 3.05) is 19.6 Å². The molecule has 0 spiro atoms. The Labute approximate surface area is 97.6 Å². The van der Waals surface area contributed by atoms with Crippen molar-refractivity contribution in [3.05, 3.63) is 12.7 Å². The average molecular weight is 247 g/mol. The van der Waals surface area contributed by atoms with Crippen molar-refractivity contribution < 1.29 is 18.4 Å².